The van der Waals surface area contributed by atoms with Gasteiger partial charge in [-0.2, -0.15) is 0 Å². The van der Waals surface area contributed by atoms with Gasteiger partial charge < -0.3 is 20.1 Å². The molecule has 3 fully saturated rings. The molecule has 1 saturated heterocycles. The Morgan fingerprint density at radius 3 is 2.71 bits per heavy atom. The Kier molecular flexibility index (Phi) is 4.89. The molecule has 2 N–H and O–H groups in total. The average molecular weight is 296 g/mol. The highest BCUT2D eigenvalue weighted by molar-refractivity contribution is 5.03. The molecule has 4 heteroatoms. The maximum absolute atomic E-state index is 9.99. The summed E-state index contributed by atoms with van der Waals surface area (Å²) in [6.07, 6.45) is 9.00. The fourth-order valence-electron chi connectivity index (χ4n) is 4.47. The van der Waals surface area contributed by atoms with Crippen molar-refractivity contribution in [2.75, 3.05) is 26.8 Å². The highest BCUT2D eigenvalue weighted by atomic mass is 16.5. The number of nitrogens with zero attached hydrogens (tertiary/aromatic N) is 1. The minimum Gasteiger partial charge on any atom is -0.394 e. The van der Waals surface area contributed by atoms with Crippen LogP contribution in [0.5, 0.6) is 0 Å². The summed E-state index contributed by atoms with van der Waals surface area (Å²) < 4.78 is 5.69. The van der Waals surface area contributed by atoms with E-state index in [4.69, 9.17) is 4.74 Å². The van der Waals surface area contributed by atoms with Crippen molar-refractivity contribution >= 4 is 0 Å². The molecule has 1 heterocycles. The molecule has 4 unspecified atom stereocenters. The Morgan fingerprint density at radius 2 is 2.10 bits per heavy atom. The van der Waals surface area contributed by atoms with Crippen LogP contribution in [0.3, 0.4) is 0 Å². The van der Waals surface area contributed by atoms with Crippen molar-refractivity contribution in [2.24, 2.45) is 5.92 Å². The lowest BCUT2D eigenvalue weighted by Gasteiger charge is -2.37. The number of hydrogen-bond acceptors (Lipinski definition) is 4. The highest BCUT2D eigenvalue weighted by Gasteiger charge is 2.45. The summed E-state index contributed by atoms with van der Waals surface area (Å²) in [6.45, 7) is 4.53. The topological polar surface area (TPSA) is 44.7 Å². The molecule has 0 radical (unpaired) electrons. The molecule has 0 aromatic heterocycles. The fraction of sp³-hybridized carbons (Fsp3) is 1.00. The summed E-state index contributed by atoms with van der Waals surface area (Å²) >= 11 is 0. The van der Waals surface area contributed by atoms with Crippen LogP contribution in [0, 0.1) is 5.92 Å². The molecule has 0 bridgehead atoms. The van der Waals surface area contributed by atoms with Crippen molar-refractivity contribution in [3.05, 3.63) is 0 Å². The smallest absolute Gasteiger partial charge is 0.0702 e. The number of rotatable bonds is 7. The maximum atomic E-state index is 9.99. The standard InChI is InChI=1S/C17H32N2O2/c1-13-16(8-11-21-13)19(2)10-7-14-4-3-9-17(14,12-20)18-15-5-6-15/h13-16,18,20H,3-12H2,1-2H3. The van der Waals surface area contributed by atoms with E-state index in [9.17, 15) is 5.11 Å². The van der Waals surface area contributed by atoms with E-state index in [2.05, 4.69) is 24.2 Å². The second-order valence-corrected chi connectivity index (χ2v) is 7.52. The molecule has 0 aromatic rings. The average Bonchev–Trinajstić information content (AvgIpc) is 3.03. The second kappa shape index (κ2) is 6.53. The van der Waals surface area contributed by atoms with Crippen molar-refractivity contribution in [1.29, 1.82) is 0 Å². The molecule has 1 aliphatic heterocycles. The van der Waals surface area contributed by atoms with Gasteiger partial charge in [0.1, 0.15) is 0 Å². The lowest BCUT2D eigenvalue weighted by molar-refractivity contribution is 0.0741. The molecule has 0 amide bonds. The summed E-state index contributed by atoms with van der Waals surface area (Å²) in [4.78, 5) is 2.48. The van der Waals surface area contributed by atoms with Crippen LogP contribution in [0.15, 0.2) is 0 Å². The van der Waals surface area contributed by atoms with Crippen LogP contribution in [0.2, 0.25) is 0 Å². The Bertz CT molecular complexity index is 348. The first-order valence-corrected chi connectivity index (χ1v) is 8.85. The van der Waals surface area contributed by atoms with Crippen molar-refractivity contribution < 1.29 is 9.84 Å². The summed E-state index contributed by atoms with van der Waals surface area (Å²) in [5.41, 5.74) is 0.0137. The molecule has 4 nitrogen and oxygen atoms in total. The predicted octanol–water partition coefficient (Wildman–Crippen LogP) is 1.77. The van der Waals surface area contributed by atoms with Crippen molar-refractivity contribution in [3.63, 3.8) is 0 Å². The summed E-state index contributed by atoms with van der Waals surface area (Å²) in [5, 5.41) is 13.8. The Labute approximate surface area is 129 Å². The normalized spacial score (nSPS) is 40.3. The van der Waals surface area contributed by atoms with Crippen LogP contribution in [-0.2, 0) is 4.74 Å². The molecule has 21 heavy (non-hydrogen) atoms. The van der Waals surface area contributed by atoms with E-state index in [1.165, 1.54) is 32.1 Å². The number of ether oxygens (including phenoxy) is 1. The van der Waals surface area contributed by atoms with Gasteiger partial charge in [0.05, 0.1) is 12.7 Å². The van der Waals surface area contributed by atoms with E-state index >= 15 is 0 Å². The summed E-state index contributed by atoms with van der Waals surface area (Å²) in [6, 6.07) is 1.25. The van der Waals surface area contributed by atoms with Gasteiger partial charge in [0.2, 0.25) is 0 Å². The van der Waals surface area contributed by atoms with E-state index in [1.54, 1.807) is 0 Å². The van der Waals surface area contributed by atoms with Crippen LogP contribution in [-0.4, -0.2) is 60.5 Å². The molecule has 122 valence electrons. The van der Waals surface area contributed by atoms with Crippen LogP contribution >= 0.6 is 0 Å². The Hall–Kier alpha value is -0.160. The van der Waals surface area contributed by atoms with Gasteiger partial charge >= 0.3 is 0 Å². The maximum Gasteiger partial charge on any atom is 0.0702 e. The third kappa shape index (κ3) is 3.44. The van der Waals surface area contributed by atoms with E-state index in [0.29, 0.717) is 30.7 Å². The zero-order chi connectivity index (χ0) is 14.9. The van der Waals surface area contributed by atoms with Crippen LogP contribution in [0.25, 0.3) is 0 Å². The van der Waals surface area contributed by atoms with Crippen molar-refractivity contribution in [2.45, 2.75) is 75.6 Å². The van der Waals surface area contributed by atoms with Crippen LogP contribution in [0.4, 0.5) is 0 Å². The monoisotopic (exact) mass is 296 g/mol. The molecule has 2 aliphatic carbocycles. The van der Waals surface area contributed by atoms with Crippen LogP contribution in [0.1, 0.15) is 51.9 Å². The van der Waals surface area contributed by atoms with Gasteiger partial charge in [-0.3, -0.25) is 0 Å². The first-order valence-electron chi connectivity index (χ1n) is 8.85. The lowest BCUT2D eigenvalue weighted by atomic mass is 9.84. The first kappa shape index (κ1) is 15.7. The van der Waals surface area contributed by atoms with Gasteiger partial charge in [-0.25, -0.2) is 0 Å². The minimum atomic E-state index is 0.0137. The van der Waals surface area contributed by atoms with E-state index in [0.717, 1.165) is 26.0 Å². The largest absolute Gasteiger partial charge is 0.394 e. The molecule has 4 atom stereocenters. The van der Waals surface area contributed by atoms with Gasteiger partial charge in [0, 0.05) is 24.2 Å². The van der Waals surface area contributed by atoms with E-state index < -0.39 is 0 Å². The third-order valence-corrected chi connectivity index (χ3v) is 6.04. The first-order chi connectivity index (χ1) is 10.1. The zero-order valence-electron chi connectivity index (χ0n) is 13.7. The quantitative estimate of drug-likeness (QED) is 0.751. The number of aliphatic hydroxyl groups excluding tert-OH is 1. The van der Waals surface area contributed by atoms with E-state index in [-0.39, 0.29) is 5.54 Å². The number of hydrogen-bond donors (Lipinski definition) is 2. The fourth-order valence-corrected chi connectivity index (χ4v) is 4.47. The summed E-state index contributed by atoms with van der Waals surface area (Å²) in [5.74, 6) is 0.628. The Morgan fingerprint density at radius 1 is 1.29 bits per heavy atom. The molecular formula is C17H32N2O2. The minimum absolute atomic E-state index is 0.0137. The molecule has 0 spiro atoms. The van der Waals surface area contributed by atoms with Crippen molar-refractivity contribution in [1.82, 2.24) is 10.2 Å². The number of likely N-dealkylation sites (N-methyl/N-ethyl adjacent to an activating group) is 1. The van der Waals surface area contributed by atoms with Gasteiger partial charge in [-0.15, -0.1) is 0 Å². The third-order valence-electron chi connectivity index (χ3n) is 6.04. The second-order valence-electron chi connectivity index (χ2n) is 7.52. The number of aliphatic hydroxyl groups is 1. The molecule has 3 aliphatic rings. The van der Waals surface area contributed by atoms with Crippen LogP contribution < -0.4 is 5.32 Å². The zero-order valence-corrected chi connectivity index (χ0v) is 13.7. The molecule has 2 saturated carbocycles. The number of nitrogens with one attached hydrogen (secondary N) is 1. The van der Waals surface area contributed by atoms with Gasteiger partial charge in [-0.1, -0.05) is 6.42 Å². The molecular weight excluding hydrogens is 264 g/mol. The van der Waals surface area contributed by atoms with Gasteiger partial charge in [-0.05, 0) is 65.0 Å². The van der Waals surface area contributed by atoms with Crippen molar-refractivity contribution in [3.8, 4) is 0 Å². The summed E-state index contributed by atoms with van der Waals surface area (Å²) in [7, 11) is 2.24. The molecule has 3 rings (SSSR count). The predicted molar refractivity (Wildman–Crippen MR) is 84.4 cm³/mol. The molecule has 0 aromatic carbocycles. The Balaban J connectivity index is 1.53. The van der Waals surface area contributed by atoms with Gasteiger partial charge in [0.25, 0.3) is 0 Å². The van der Waals surface area contributed by atoms with E-state index in [1.807, 2.05) is 0 Å². The van der Waals surface area contributed by atoms with Gasteiger partial charge in [0.15, 0.2) is 0 Å². The lowest BCUT2D eigenvalue weighted by Crippen LogP contribution is -2.53. The highest BCUT2D eigenvalue weighted by Crippen LogP contribution is 2.40. The SMILES string of the molecule is CC1OCCC1N(C)CCC1CCCC1(CO)NC1CC1.